The number of benzene rings is 1. The molecule has 6 heteroatoms. The lowest BCUT2D eigenvalue weighted by Gasteiger charge is -2.23. The maximum Gasteiger partial charge on any atom is 0.191 e. The summed E-state index contributed by atoms with van der Waals surface area (Å²) in [6, 6.07) is 12.4. The molecule has 2 N–H and O–H groups in total. The van der Waals surface area contributed by atoms with Gasteiger partial charge < -0.3 is 20.3 Å². The van der Waals surface area contributed by atoms with Crippen molar-refractivity contribution < 1.29 is 4.74 Å². The fourth-order valence-electron chi connectivity index (χ4n) is 3.41. The summed E-state index contributed by atoms with van der Waals surface area (Å²) in [6.45, 7) is 12.5. The largest absolute Gasteiger partial charge is 0.488 e. The summed E-state index contributed by atoms with van der Waals surface area (Å²) in [6.07, 6.45) is 4.46. The Hall–Kier alpha value is -2.76. The van der Waals surface area contributed by atoms with Gasteiger partial charge in [0.15, 0.2) is 5.96 Å². The molecule has 0 spiro atoms. The smallest absolute Gasteiger partial charge is 0.191 e. The molecule has 2 aromatic rings. The van der Waals surface area contributed by atoms with Crippen LogP contribution in [0.15, 0.2) is 47.6 Å². The van der Waals surface area contributed by atoms with Crippen LogP contribution in [0.4, 0.5) is 5.82 Å². The molecule has 1 aliphatic rings. The van der Waals surface area contributed by atoms with E-state index in [1.54, 1.807) is 0 Å². The van der Waals surface area contributed by atoms with Crippen LogP contribution in [0.2, 0.25) is 0 Å². The molecule has 0 aliphatic carbocycles. The van der Waals surface area contributed by atoms with Gasteiger partial charge in [0.1, 0.15) is 17.2 Å². The van der Waals surface area contributed by atoms with E-state index < -0.39 is 0 Å². The molecule has 0 unspecified atom stereocenters. The molecule has 1 aromatic carbocycles. The lowest BCUT2D eigenvalue weighted by atomic mass is 10.1. The Balaban J connectivity index is 1.61. The molecule has 1 fully saturated rings. The Morgan fingerprint density at radius 2 is 1.87 bits per heavy atom. The van der Waals surface area contributed by atoms with Gasteiger partial charge in [0.25, 0.3) is 0 Å². The second-order valence-corrected chi connectivity index (χ2v) is 8.59. The quantitative estimate of drug-likeness (QED) is 0.532. The summed E-state index contributed by atoms with van der Waals surface area (Å²) >= 11 is 0. The predicted molar refractivity (Wildman–Crippen MR) is 124 cm³/mol. The van der Waals surface area contributed by atoms with Crippen molar-refractivity contribution >= 4 is 11.8 Å². The zero-order valence-electron chi connectivity index (χ0n) is 18.7. The topological polar surface area (TPSA) is 61.8 Å². The van der Waals surface area contributed by atoms with Gasteiger partial charge in [0.05, 0.1) is 6.54 Å². The normalized spacial score (nSPS) is 14.7. The summed E-state index contributed by atoms with van der Waals surface area (Å²) in [7, 11) is 0. The summed E-state index contributed by atoms with van der Waals surface area (Å²) < 4.78 is 6.10. The van der Waals surface area contributed by atoms with Crippen LogP contribution in [0.3, 0.4) is 0 Å². The summed E-state index contributed by atoms with van der Waals surface area (Å²) in [5, 5.41) is 6.74. The van der Waals surface area contributed by atoms with Crippen LogP contribution in [0.1, 0.15) is 51.7 Å². The Kier molecular flexibility index (Phi) is 7.55. The minimum absolute atomic E-state index is 0.233. The van der Waals surface area contributed by atoms with E-state index >= 15 is 0 Å². The Morgan fingerprint density at radius 1 is 1.10 bits per heavy atom. The molecule has 1 saturated heterocycles. The second-order valence-electron chi connectivity index (χ2n) is 8.59. The van der Waals surface area contributed by atoms with Gasteiger partial charge in [-0.2, -0.15) is 0 Å². The third kappa shape index (κ3) is 6.65. The van der Waals surface area contributed by atoms with Crippen LogP contribution in [0, 0.1) is 0 Å². The van der Waals surface area contributed by atoms with Crippen LogP contribution in [0.25, 0.3) is 0 Å². The molecule has 162 valence electrons. The lowest BCUT2D eigenvalue weighted by molar-refractivity contribution is 0.129. The molecule has 1 aliphatic heterocycles. The highest BCUT2D eigenvalue weighted by molar-refractivity contribution is 5.79. The summed E-state index contributed by atoms with van der Waals surface area (Å²) in [5.74, 6) is 2.75. The summed E-state index contributed by atoms with van der Waals surface area (Å²) in [5.41, 5.74) is 1.98. The van der Waals surface area contributed by atoms with Gasteiger partial charge in [-0.05, 0) is 58.2 Å². The first kappa shape index (κ1) is 21.9. The molecule has 1 aromatic heterocycles. The van der Waals surface area contributed by atoms with Gasteiger partial charge in [-0.25, -0.2) is 9.98 Å². The first-order valence-corrected chi connectivity index (χ1v) is 10.9. The molecule has 0 bridgehead atoms. The number of pyridine rings is 1. The molecular weight excluding hydrogens is 374 g/mol. The highest BCUT2D eigenvalue weighted by Gasteiger charge is 2.15. The van der Waals surface area contributed by atoms with Crippen molar-refractivity contribution in [2.45, 2.75) is 59.2 Å². The highest BCUT2D eigenvalue weighted by Crippen LogP contribution is 2.23. The fourth-order valence-corrected chi connectivity index (χ4v) is 3.41. The van der Waals surface area contributed by atoms with E-state index in [1.807, 2.05) is 24.4 Å². The van der Waals surface area contributed by atoms with Crippen molar-refractivity contribution in [3.63, 3.8) is 0 Å². The number of anilines is 1. The standard InChI is InChI=1S/C24H35N5O/c1-5-25-23(28-18-20-10-6-7-11-21(20)30-24(2,3)4)27-17-19-12-13-22(26-16-19)29-14-8-9-15-29/h6-7,10-13,16H,5,8-9,14-15,17-18H2,1-4H3,(H2,25,27,28). The van der Waals surface area contributed by atoms with Crippen LogP contribution in [-0.2, 0) is 13.1 Å². The van der Waals surface area contributed by atoms with Gasteiger partial charge in [-0.1, -0.05) is 24.3 Å². The van der Waals surface area contributed by atoms with E-state index in [4.69, 9.17) is 9.73 Å². The predicted octanol–water partition coefficient (Wildman–Crippen LogP) is 4.11. The number of nitrogens with one attached hydrogen (secondary N) is 2. The molecule has 0 atom stereocenters. The Bertz CT molecular complexity index is 820. The van der Waals surface area contributed by atoms with Crippen molar-refractivity contribution in [2.75, 3.05) is 24.5 Å². The number of aliphatic imine (C=N–C) groups is 1. The molecular formula is C24H35N5O. The lowest BCUT2D eigenvalue weighted by Crippen LogP contribution is -2.37. The van der Waals surface area contributed by atoms with Crippen molar-refractivity contribution in [2.24, 2.45) is 4.99 Å². The van der Waals surface area contributed by atoms with Crippen molar-refractivity contribution in [1.82, 2.24) is 15.6 Å². The Morgan fingerprint density at radius 3 is 2.53 bits per heavy atom. The molecule has 0 radical (unpaired) electrons. The first-order chi connectivity index (χ1) is 14.4. The van der Waals surface area contributed by atoms with Gasteiger partial charge in [-0.15, -0.1) is 0 Å². The highest BCUT2D eigenvalue weighted by atomic mass is 16.5. The Labute approximate surface area is 180 Å². The number of nitrogens with zero attached hydrogens (tertiary/aromatic N) is 3. The molecule has 2 heterocycles. The first-order valence-electron chi connectivity index (χ1n) is 10.9. The second kappa shape index (κ2) is 10.3. The molecule has 30 heavy (non-hydrogen) atoms. The van der Waals surface area contributed by atoms with Crippen molar-refractivity contribution in [3.8, 4) is 5.75 Å². The number of rotatable bonds is 7. The van der Waals surface area contributed by atoms with E-state index in [1.165, 1.54) is 12.8 Å². The third-order valence-electron chi connectivity index (χ3n) is 4.84. The van der Waals surface area contributed by atoms with E-state index in [2.05, 4.69) is 66.4 Å². The number of para-hydroxylation sites is 1. The minimum Gasteiger partial charge on any atom is -0.488 e. The molecule has 6 nitrogen and oxygen atoms in total. The van der Waals surface area contributed by atoms with Crippen LogP contribution >= 0.6 is 0 Å². The maximum atomic E-state index is 6.10. The zero-order valence-corrected chi connectivity index (χ0v) is 18.7. The van der Waals surface area contributed by atoms with E-state index in [0.29, 0.717) is 13.1 Å². The number of ether oxygens (including phenoxy) is 1. The van der Waals surface area contributed by atoms with Gasteiger partial charge in [0, 0.05) is 37.9 Å². The van der Waals surface area contributed by atoms with Crippen molar-refractivity contribution in [1.29, 1.82) is 0 Å². The number of guanidine groups is 1. The molecule has 3 rings (SSSR count). The van der Waals surface area contributed by atoms with Gasteiger partial charge >= 0.3 is 0 Å². The van der Waals surface area contributed by atoms with Gasteiger partial charge in [0.2, 0.25) is 0 Å². The monoisotopic (exact) mass is 409 g/mol. The average Bonchev–Trinajstić information content (AvgIpc) is 3.25. The summed E-state index contributed by atoms with van der Waals surface area (Å²) in [4.78, 5) is 11.7. The van der Waals surface area contributed by atoms with Crippen LogP contribution in [-0.4, -0.2) is 36.2 Å². The van der Waals surface area contributed by atoms with E-state index in [-0.39, 0.29) is 5.60 Å². The SMILES string of the molecule is CCNC(=NCc1ccc(N2CCCC2)nc1)NCc1ccccc1OC(C)(C)C. The molecule has 0 saturated carbocycles. The minimum atomic E-state index is -0.233. The van der Waals surface area contributed by atoms with E-state index in [9.17, 15) is 0 Å². The third-order valence-corrected chi connectivity index (χ3v) is 4.84. The van der Waals surface area contributed by atoms with Gasteiger partial charge in [-0.3, -0.25) is 0 Å². The van der Waals surface area contributed by atoms with E-state index in [0.717, 1.165) is 48.3 Å². The average molecular weight is 410 g/mol. The van der Waals surface area contributed by atoms with Crippen molar-refractivity contribution in [3.05, 3.63) is 53.7 Å². The zero-order chi connectivity index (χ0) is 21.4. The number of aromatic nitrogens is 1. The maximum absolute atomic E-state index is 6.10. The number of hydrogen-bond donors (Lipinski definition) is 2. The van der Waals surface area contributed by atoms with Crippen LogP contribution in [0.5, 0.6) is 5.75 Å². The number of hydrogen-bond acceptors (Lipinski definition) is 4. The fraction of sp³-hybridized carbons (Fsp3) is 0.500. The molecule has 0 amide bonds. The van der Waals surface area contributed by atoms with Crippen LogP contribution < -0.4 is 20.3 Å².